The summed E-state index contributed by atoms with van der Waals surface area (Å²) in [5.41, 5.74) is 2.24. The largest absolute Gasteiger partial charge is 0.497 e. The van der Waals surface area contributed by atoms with Crippen LogP contribution in [0.2, 0.25) is 5.02 Å². The minimum Gasteiger partial charge on any atom is -0.497 e. The molecule has 9 heteroatoms. The van der Waals surface area contributed by atoms with Gasteiger partial charge in [-0.15, -0.1) is 0 Å². The summed E-state index contributed by atoms with van der Waals surface area (Å²) in [6, 6.07) is 16.2. The molecule has 3 aromatic carbocycles. The van der Waals surface area contributed by atoms with E-state index in [2.05, 4.69) is 5.32 Å². The number of amides is 1. The second-order valence-corrected chi connectivity index (χ2v) is 9.44. The number of hydrogen-bond donors (Lipinski definition) is 1. The van der Waals surface area contributed by atoms with Crippen molar-refractivity contribution in [2.24, 2.45) is 0 Å². The highest BCUT2D eigenvalue weighted by Crippen LogP contribution is 2.34. The summed E-state index contributed by atoms with van der Waals surface area (Å²) in [4.78, 5) is 13.0. The van der Waals surface area contributed by atoms with Gasteiger partial charge in [0.1, 0.15) is 11.5 Å². The van der Waals surface area contributed by atoms with E-state index in [0.717, 1.165) is 5.56 Å². The Bertz CT molecular complexity index is 1280. The third-order valence-corrected chi connectivity index (χ3v) is 7.33. The molecular weight excluding hydrogens is 452 g/mol. The number of carbonyl (C=O) groups is 1. The molecule has 166 valence electrons. The summed E-state index contributed by atoms with van der Waals surface area (Å²) < 4.78 is 38.0. The van der Waals surface area contributed by atoms with Gasteiger partial charge in [-0.25, -0.2) is 8.42 Å². The number of fused-ring (bicyclic) bond motifs is 1. The molecule has 0 atom stereocenters. The molecule has 3 aromatic rings. The molecule has 0 spiro atoms. The van der Waals surface area contributed by atoms with Gasteiger partial charge in [-0.1, -0.05) is 11.6 Å². The van der Waals surface area contributed by atoms with E-state index in [-0.39, 0.29) is 10.8 Å². The number of ether oxygens (including phenoxy) is 2. The van der Waals surface area contributed by atoms with Gasteiger partial charge < -0.3 is 14.8 Å². The van der Waals surface area contributed by atoms with Gasteiger partial charge in [-0.05, 0) is 66.6 Å². The van der Waals surface area contributed by atoms with Crippen LogP contribution in [0.4, 0.5) is 11.4 Å². The highest BCUT2D eigenvalue weighted by molar-refractivity contribution is 7.92. The summed E-state index contributed by atoms with van der Waals surface area (Å²) in [7, 11) is -0.668. The summed E-state index contributed by atoms with van der Waals surface area (Å²) in [5, 5.41) is 3.29. The predicted molar refractivity (Wildman–Crippen MR) is 124 cm³/mol. The molecule has 0 saturated heterocycles. The van der Waals surface area contributed by atoms with Crippen LogP contribution in [0.25, 0.3) is 0 Å². The zero-order chi connectivity index (χ0) is 22.9. The third-order valence-electron chi connectivity index (χ3n) is 5.25. The highest BCUT2D eigenvalue weighted by Gasteiger charge is 2.31. The molecule has 1 aliphatic heterocycles. The number of halogens is 1. The van der Waals surface area contributed by atoms with Gasteiger partial charge in [-0.3, -0.25) is 9.10 Å². The van der Waals surface area contributed by atoms with Gasteiger partial charge in [0.25, 0.3) is 15.9 Å². The van der Waals surface area contributed by atoms with E-state index < -0.39 is 10.0 Å². The van der Waals surface area contributed by atoms with E-state index in [1.54, 1.807) is 48.5 Å². The Morgan fingerprint density at radius 2 is 1.75 bits per heavy atom. The van der Waals surface area contributed by atoms with Crippen molar-refractivity contribution >= 4 is 38.9 Å². The molecule has 0 radical (unpaired) electrons. The number of carbonyl (C=O) groups excluding carboxylic acids is 1. The Kier molecular flexibility index (Phi) is 5.99. The first-order valence-corrected chi connectivity index (χ1v) is 11.6. The van der Waals surface area contributed by atoms with Crippen molar-refractivity contribution in [1.29, 1.82) is 0 Å². The van der Waals surface area contributed by atoms with E-state index in [4.69, 9.17) is 21.1 Å². The molecule has 32 heavy (non-hydrogen) atoms. The summed E-state index contributed by atoms with van der Waals surface area (Å²) in [6.45, 7) is 0.301. The fraction of sp³-hybridized carbons (Fsp3) is 0.174. The van der Waals surface area contributed by atoms with E-state index in [0.29, 0.717) is 46.4 Å². The first-order valence-electron chi connectivity index (χ1n) is 9.78. The average molecular weight is 473 g/mol. The second kappa shape index (κ2) is 8.72. The number of benzene rings is 3. The monoisotopic (exact) mass is 472 g/mol. The van der Waals surface area contributed by atoms with Gasteiger partial charge in [0, 0.05) is 23.2 Å². The molecule has 1 N–H and O–H groups in total. The van der Waals surface area contributed by atoms with Gasteiger partial charge in [-0.2, -0.15) is 0 Å². The molecule has 1 amide bonds. The molecule has 7 nitrogen and oxygen atoms in total. The number of nitrogens with zero attached hydrogens (tertiary/aromatic N) is 1. The standard InChI is InChI=1S/C23H21ClN2O5S/c1-30-18-6-10-22(31-2)20(14-18)25-23(27)16-3-9-21-15(13-16)11-12-26(21)32(28,29)19-7-4-17(24)5-8-19/h3-10,13-14H,11-12H2,1-2H3,(H,25,27). The Balaban J connectivity index is 1.59. The molecule has 1 heterocycles. The predicted octanol–water partition coefficient (Wildman–Crippen LogP) is 4.36. The van der Waals surface area contributed by atoms with E-state index in [9.17, 15) is 13.2 Å². The zero-order valence-electron chi connectivity index (χ0n) is 17.5. The van der Waals surface area contributed by atoms with Crippen LogP contribution < -0.4 is 19.1 Å². The Labute approximate surface area is 191 Å². The number of methoxy groups -OCH3 is 2. The SMILES string of the molecule is COc1ccc(OC)c(NC(=O)c2ccc3c(c2)CCN3S(=O)(=O)c2ccc(Cl)cc2)c1. The Morgan fingerprint density at radius 3 is 2.44 bits per heavy atom. The Morgan fingerprint density at radius 1 is 1.00 bits per heavy atom. The lowest BCUT2D eigenvalue weighted by molar-refractivity contribution is 0.102. The molecule has 0 saturated carbocycles. The van der Waals surface area contributed by atoms with Crippen LogP contribution in [-0.4, -0.2) is 35.1 Å². The molecule has 4 rings (SSSR count). The van der Waals surface area contributed by atoms with Crippen LogP contribution >= 0.6 is 11.6 Å². The molecule has 0 unspecified atom stereocenters. The van der Waals surface area contributed by atoms with E-state index in [1.165, 1.54) is 30.7 Å². The zero-order valence-corrected chi connectivity index (χ0v) is 19.0. The van der Waals surface area contributed by atoms with Crippen LogP contribution in [-0.2, 0) is 16.4 Å². The fourth-order valence-electron chi connectivity index (χ4n) is 3.60. The maximum atomic E-state index is 13.1. The fourth-order valence-corrected chi connectivity index (χ4v) is 5.23. The molecular formula is C23H21ClN2O5S. The third kappa shape index (κ3) is 4.11. The first-order chi connectivity index (χ1) is 15.3. The summed E-state index contributed by atoms with van der Waals surface area (Å²) in [6.07, 6.45) is 0.506. The first kappa shape index (κ1) is 22.0. The molecule has 0 bridgehead atoms. The lowest BCUT2D eigenvalue weighted by atomic mass is 10.1. The van der Waals surface area contributed by atoms with E-state index in [1.807, 2.05) is 0 Å². The Hall–Kier alpha value is -3.23. The van der Waals surface area contributed by atoms with Gasteiger partial charge in [0.15, 0.2) is 0 Å². The molecule has 0 fully saturated rings. The van der Waals surface area contributed by atoms with Crippen molar-refractivity contribution in [3.8, 4) is 11.5 Å². The van der Waals surface area contributed by atoms with Crippen molar-refractivity contribution in [3.63, 3.8) is 0 Å². The maximum absolute atomic E-state index is 13.1. The van der Waals surface area contributed by atoms with Gasteiger partial charge >= 0.3 is 0 Å². The van der Waals surface area contributed by atoms with E-state index >= 15 is 0 Å². The minimum atomic E-state index is -3.72. The minimum absolute atomic E-state index is 0.168. The number of anilines is 2. The quantitative estimate of drug-likeness (QED) is 0.576. The number of sulfonamides is 1. The van der Waals surface area contributed by atoms with Crippen molar-refractivity contribution in [3.05, 3.63) is 76.8 Å². The van der Waals surface area contributed by atoms with Crippen molar-refractivity contribution in [2.45, 2.75) is 11.3 Å². The normalized spacial score (nSPS) is 12.9. The lowest BCUT2D eigenvalue weighted by Gasteiger charge is -2.20. The van der Waals surface area contributed by atoms with Crippen molar-refractivity contribution in [2.75, 3.05) is 30.4 Å². The second-order valence-electron chi connectivity index (χ2n) is 7.14. The molecule has 1 aliphatic rings. The van der Waals surface area contributed by atoms with Crippen LogP contribution in [0.15, 0.2) is 65.6 Å². The van der Waals surface area contributed by atoms with Crippen LogP contribution in [0, 0.1) is 0 Å². The maximum Gasteiger partial charge on any atom is 0.264 e. The highest BCUT2D eigenvalue weighted by atomic mass is 35.5. The van der Waals surface area contributed by atoms with Gasteiger partial charge in [0.05, 0.1) is 30.5 Å². The van der Waals surface area contributed by atoms with Gasteiger partial charge in [0.2, 0.25) is 0 Å². The number of hydrogen-bond acceptors (Lipinski definition) is 5. The average Bonchev–Trinajstić information content (AvgIpc) is 3.23. The summed E-state index contributed by atoms with van der Waals surface area (Å²) in [5.74, 6) is 0.747. The number of rotatable bonds is 6. The smallest absolute Gasteiger partial charge is 0.264 e. The van der Waals surface area contributed by atoms with Crippen LogP contribution in [0.5, 0.6) is 11.5 Å². The van der Waals surface area contributed by atoms with Crippen molar-refractivity contribution < 1.29 is 22.7 Å². The van der Waals surface area contributed by atoms with Crippen LogP contribution in [0.3, 0.4) is 0 Å². The topological polar surface area (TPSA) is 84.9 Å². The lowest BCUT2D eigenvalue weighted by Crippen LogP contribution is -2.29. The number of nitrogens with one attached hydrogen (secondary N) is 1. The van der Waals surface area contributed by atoms with Crippen molar-refractivity contribution in [1.82, 2.24) is 0 Å². The molecule has 0 aliphatic carbocycles. The van der Waals surface area contributed by atoms with Crippen LogP contribution in [0.1, 0.15) is 15.9 Å². The molecule has 0 aromatic heterocycles. The summed E-state index contributed by atoms with van der Waals surface area (Å²) >= 11 is 5.88.